The zero-order valence-electron chi connectivity index (χ0n) is 7.24. The summed E-state index contributed by atoms with van der Waals surface area (Å²) in [4.78, 5) is 0. The second-order valence-corrected chi connectivity index (χ2v) is 2.72. The molecule has 0 aromatic rings. The molecular weight excluding hydrogens is 158 g/mol. The van der Waals surface area contributed by atoms with E-state index in [1.807, 2.05) is 0 Å². The largest absolute Gasteiger partial charge is 0.389 e. The minimum atomic E-state index is -0.838. The van der Waals surface area contributed by atoms with Crippen molar-refractivity contribution in [2.45, 2.75) is 18.6 Å². The highest BCUT2D eigenvalue weighted by atomic mass is 16.3. The quantitative estimate of drug-likeness (QED) is 0.279. The number of rotatable bonds is 7. The van der Waals surface area contributed by atoms with E-state index in [4.69, 9.17) is 16.6 Å². The Kier molecular flexibility index (Phi) is 7.33. The van der Waals surface area contributed by atoms with Gasteiger partial charge in [0.05, 0.1) is 12.2 Å². The van der Waals surface area contributed by atoms with E-state index < -0.39 is 12.2 Å². The van der Waals surface area contributed by atoms with Gasteiger partial charge >= 0.3 is 0 Å². The van der Waals surface area contributed by atoms with Crippen LogP contribution < -0.4 is 16.8 Å². The van der Waals surface area contributed by atoms with Crippen LogP contribution in [0.25, 0.3) is 0 Å². The Labute approximate surface area is 72.7 Å². The summed E-state index contributed by atoms with van der Waals surface area (Å²) in [5.74, 6) is 0. The Bertz CT molecular complexity index is 103. The number of aliphatic hydroxyl groups excluding tert-OH is 2. The molecule has 5 heteroatoms. The third-order valence-corrected chi connectivity index (χ3v) is 1.60. The van der Waals surface area contributed by atoms with Gasteiger partial charge in [-0.2, -0.15) is 0 Å². The van der Waals surface area contributed by atoms with Crippen LogP contribution in [0.15, 0.2) is 0 Å². The average molecular weight is 177 g/mol. The van der Waals surface area contributed by atoms with Gasteiger partial charge in [0.15, 0.2) is 0 Å². The predicted octanol–water partition coefficient (Wildman–Crippen LogP) is -2.39. The Hall–Kier alpha value is -0.200. The fourth-order valence-corrected chi connectivity index (χ4v) is 0.770. The van der Waals surface area contributed by atoms with Crippen molar-refractivity contribution in [3.8, 4) is 0 Å². The summed E-state index contributed by atoms with van der Waals surface area (Å²) in [6, 6.07) is 0. The summed E-state index contributed by atoms with van der Waals surface area (Å²) in [6.07, 6.45) is -0.756. The van der Waals surface area contributed by atoms with Crippen LogP contribution in [0.5, 0.6) is 0 Å². The van der Waals surface area contributed by atoms with Crippen molar-refractivity contribution in [2.24, 2.45) is 11.5 Å². The molecule has 0 aliphatic rings. The van der Waals surface area contributed by atoms with Crippen molar-refractivity contribution in [1.82, 2.24) is 5.32 Å². The second-order valence-electron chi connectivity index (χ2n) is 2.72. The normalized spacial score (nSPS) is 16.0. The van der Waals surface area contributed by atoms with Crippen LogP contribution in [0.3, 0.4) is 0 Å². The van der Waals surface area contributed by atoms with Crippen LogP contribution in [0, 0.1) is 0 Å². The van der Waals surface area contributed by atoms with E-state index in [2.05, 4.69) is 5.32 Å². The number of hydrogen-bond donors (Lipinski definition) is 5. The molecule has 0 aliphatic carbocycles. The molecule has 0 saturated carbocycles. The fraction of sp³-hybridized carbons (Fsp3) is 1.00. The molecule has 74 valence electrons. The fourth-order valence-electron chi connectivity index (χ4n) is 0.770. The first-order valence-electron chi connectivity index (χ1n) is 4.19. The molecule has 0 radical (unpaired) electrons. The van der Waals surface area contributed by atoms with Gasteiger partial charge in [-0.25, -0.2) is 0 Å². The summed E-state index contributed by atoms with van der Waals surface area (Å²) in [5, 5.41) is 21.2. The molecule has 0 rings (SSSR count). The number of hydrogen-bond acceptors (Lipinski definition) is 5. The van der Waals surface area contributed by atoms with Crippen LogP contribution in [0.2, 0.25) is 0 Å². The van der Waals surface area contributed by atoms with E-state index in [0.29, 0.717) is 13.1 Å². The standard InChI is InChI=1S/C7H19N3O2/c8-2-1-3-10-5-7(12)6(11)4-9/h6-7,10-12H,1-5,8-9H2/t6-,7+/m1/s1. The summed E-state index contributed by atoms with van der Waals surface area (Å²) in [7, 11) is 0. The topological polar surface area (TPSA) is 105 Å². The molecule has 0 spiro atoms. The Morgan fingerprint density at radius 1 is 1.17 bits per heavy atom. The van der Waals surface area contributed by atoms with Gasteiger partial charge in [0.2, 0.25) is 0 Å². The molecule has 0 saturated heterocycles. The van der Waals surface area contributed by atoms with Crippen LogP contribution in [-0.2, 0) is 0 Å². The van der Waals surface area contributed by atoms with Gasteiger partial charge in [0.1, 0.15) is 0 Å². The lowest BCUT2D eigenvalue weighted by Crippen LogP contribution is -2.40. The summed E-state index contributed by atoms with van der Waals surface area (Å²) in [6.45, 7) is 1.82. The third-order valence-electron chi connectivity index (χ3n) is 1.60. The molecule has 2 atom stereocenters. The zero-order valence-corrected chi connectivity index (χ0v) is 7.24. The first kappa shape index (κ1) is 11.8. The van der Waals surface area contributed by atoms with Gasteiger partial charge < -0.3 is 27.0 Å². The summed E-state index contributed by atoms with van der Waals surface area (Å²) < 4.78 is 0. The molecular formula is C7H19N3O2. The van der Waals surface area contributed by atoms with E-state index in [1.54, 1.807) is 0 Å². The maximum atomic E-state index is 9.19. The maximum Gasteiger partial charge on any atom is 0.0935 e. The van der Waals surface area contributed by atoms with E-state index in [9.17, 15) is 5.11 Å². The molecule has 0 amide bonds. The first-order chi connectivity index (χ1) is 5.72. The lowest BCUT2D eigenvalue weighted by atomic mass is 10.2. The minimum absolute atomic E-state index is 0.0831. The van der Waals surface area contributed by atoms with E-state index in [1.165, 1.54) is 0 Å². The smallest absolute Gasteiger partial charge is 0.0935 e. The minimum Gasteiger partial charge on any atom is -0.389 e. The molecule has 0 fully saturated rings. The molecule has 0 aliphatic heterocycles. The van der Waals surface area contributed by atoms with Crippen molar-refractivity contribution >= 4 is 0 Å². The van der Waals surface area contributed by atoms with Gasteiger partial charge in [-0.15, -0.1) is 0 Å². The average Bonchev–Trinajstić information content (AvgIpc) is 2.10. The van der Waals surface area contributed by atoms with Gasteiger partial charge in [-0.1, -0.05) is 0 Å². The van der Waals surface area contributed by atoms with Crippen molar-refractivity contribution in [3.63, 3.8) is 0 Å². The highest BCUT2D eigenvalue weighted by Gasteiger charge is 2.12. The molecule has 12 heavy (non-hydrogen) atoms. The monoisotopic (exact) mass is 177 g/mol. The first-order valence-corrected chi connectivity index (χ1v) is 4.19. The SMILES string of the molecule is NCCCNC[C@H](O)[C@H](O)CN. The van der Waals surface area contributed by atoms with Crippen molar-refractivity contribution in [1.29, 1.82) is 0 Å². The summed E-state index contributed by atoms with van der Waals surface area (Å²) in [5.41, 5.74) is 10.4. The Morgan fingerprint density at radius 3 is 2.33 bits per heavy atom. The lowest BCUT2D eigenvalue weighted by Gasteiger charge is -2.16. The van der Waals surface area contributed by atoms with Crippen molar-refractivity contribution in [3.05, 3.63) is 0 Å². The number of nitrogens with one attached hydrogen (secondary N) is 1. The molecule has 7 N–H and O–H groups in total. The van der Waals surface area contributed by atoms with E-state index in [-0.39, 0.29) is 6.54 Å². The van der Waals surface area contributed by atoms with Gasteiger partial charge in [-0.3, -0.25) is 0 Å². The highest BCUT2D eigenvalue weighted by molar-refractivity contribution is 4.69. The highest BCUT2D eigenvalue weighted by Crippen LogP contribution is 1.88. The molecule has 0 aromatic carbocycles. The van der Waals surface area contributed by atoms with Crippen molar-refractivity contribution in [2.75, 3.05) is 26.2 Å². The lowest BCUT2D eigenvalue weighted by molar-refractivity contribution is 0.0261. The molecule has 0 aromatic heterocycles. The number of nitrogens with two attached hydrogens (primary N) is 2. The van der Waals surface area contributed by atoms with E-state index in [0.717, 1.165) is 13.0 Å². The second kappa shape index (κ2) is 7.45. The third kappa shape index (κ3) is 5.45. The predicted molar refractivity (Wildman–Crippen MR) is 47.6 cm³/mol. The van der Waals surface area contributed by atoms with Crippen LogP contribution in [0.4, 0.5) is 0 Å². The van der Waals surface area contributed by atoms with Crippen LogP contribution in [-0.4, -0.2) is 48.6 Å². The van der Waals surface area contributed by atoms with Gasteiger partial charge in [-0.05, 0) is 19.5 Å². The Balaban J connectivity index is 3.24. The molecule has 0 unspecified atom stereocenters. The van der Waals surface area contributed by atoms with Gasteiger partial charge in [0.25, 0.3) is 0 Å². The van der Waals surface area contributed by atoms with Crippen LogP contribution >= 0.6 is 0 Å². The molecule has 5 nitrogen and oxygen atoms in total. The number of aliphatic hydroxyl groups is 2. The molecule has 0 heterocycles. The molecule has 0 bridgehead atoms. The van der Waals surface area contributed by atoms with Crippen molar-refractivity contribution < 1.29 is 10.2 Å². The Morgan fingerprint density at radius 2 is 1.83 bits per heavy atom. The van der Waals surface area contributed by atoms with E-state index >= 15 is 0 Å². The van der Waals surface area contributed by atoms with Crippen LogP contribution in [0.1, 0.15) is 6.42 Å². The maximum absolute atomic E-state index is 9.19. The zero-order chi connectivity index (χ0) is 9.40. The van der Waals surface area contributed by atoms with Gasteiger partial charge in [0, 0.05) is 13.1 Å². The summed E-state index contributed by atoms with van der Waals surface area (Å²) >= 11 is 0.